The lowest BCUT2D eigenvalue weighted by molar-refractivity contribution is 0.262. The molecule has 1 rings (SSSR count). The van der Waals surface area contributed by atoms with Crippen LogP contribution in [0, 0.1) is 0 Å². The van der Waals surface area contributed by atoms with Gasteiger partial charge >= 0.3 is 0 Å². The van der Waals surface area contributed by atoms with Gasteiger partial charge in [-0.2, -0.15) is 0 Å². The third-order valence-corrected chi connectivity index (χ3v) is 3.89. The van der Waals surface area contributed by atoms with E-state index in [1.165, 1.54) is 0 Å². The predicted molar refractivity (Wildman–Crippen MR) is 41.1 cm³/mol. The van der Waals surface area contributed by atoms with Crippen LogP contribution in [0.5, 0.6) is 0 Å². The second-order valence-corrected chi connectivity index (χ2v) is 5.24. The van der Waals surface area contributed by atoms with Crippen molar-refractivity contribution in [2.75, 3.05) is 6.54 Å². The average molecular weight is 229 g/mol. The number of halogens is 1. The van der Waals surface area contributed by atoms with E-state index in [1.54, 1.807) is 0 Å². The molecule has 1 atom stereocenters. The van der Waals surface area contributed by atoms with Crippen molar-refractivity contribution < 1.29 is 4.79 Å². The molecule has 7 heavy (non-hydrogen) atoms. The lowest BCUT2D eigenvalue weighted by Gasteiger charge is -1.85. The number of hydrogen-bond acceptors (Lipinski definition) is 1. The first-order valence-corrected chi connectivity index (χ1v) is 5.64. The summed E-state index contributed by atoms with van der Waals surface area (Å²) in [4.78, 5) is 10.4. The molecule has 0 aromatic rings. The Morgan fingerprint density at radius 3 is 2.86 bits per heavy atom. The van der Waals surface area contributed by atoms with Gasteiger partial charge in [-0.15, -0.1) is 0 Å². The first-order chi connectivity index (χ1) is 3.30. The Morgan fingerprint density at radius 1 is 2.00 bits per heavy atom. The molecule has 0 fully saturated rings. The molecule has 1 amide bonds. The Kier molecular flexibility index (Phi) is 1.69. The molecule has 0 aromatic heterocycles. The number of rotatable bonds is 0. The van der Waals surface area contributed by atoms with Crippen molar-refractivity contribution in [3.05, 3.63) is 0 Å². The molecule has 0 bridgehead atoms. The molecule has 0 aliphatic carbocycles. The van der Waals surface area contributed by atoms with E-state index >= 15 is 0 Å². The fourth-order valence-corrected chi connectivity index (χ4v) is 1.95. The monoisotopic (exact) mass is 229 g/mol. The third kappa shape index (κ3) is 1.16. The van der Waals surface area contributed by atoms with Gasteiger partial charge < -0.3 is 5.32 Å². The van der Waals surface area contributed by atoms with Crippen molar-refractivity contribution in [3.63, 3.8) is 0 Å². The minimum Gasteiger partial charge on any atom is -0.343 e. The van der Waals surface area contributed by atoms with Gasteiger partial charge in [0.1, 0.15) is 0 Å². The first kappa shape index (κ1) is 5.55. The maximum absolute atomic E-state index is 10.4. The summed E-state index contributed by atoms with van der Waals surface area (Å²) in [6, 6.07) is 0. The van der Waals surface area contributed by atoms with Crippen molar-refractivity contribution in [2.45, 2.75) is 0 Å². The average Bonchev–Trinajstić information content (AvgIpc) is 1.91. The highest BCUT2D eigenvalue weighted by Gasteiger charge is 2.07. The number of carbonyl (C=O) groups is 1. The van der Waals surface area contributed by atoms with Crippen LogP contribution in [0.4, 0.5) is 4.79 Å². The fraction of sp³-hybridized carbons (Fsp3) is 0.333. The molecule has 2 nitrogen and oxygen atoms in total. The van der Waals surface area contributed by atoms with E-state index in [0.29, 0.717) is 0 Å². The number of nitrogens with one attached hydrogen (secondary N) is 1. The van der Waals surface area contributed by atoms with E-state index in [4.69, 9.17) is 0 Å². The summed E-state index contributed by atoms with van der Waals surface area (Å²) in [5, 5.41) is 4.82. The Labute approximate surface area is 56.2 Å². The fourth-order valence-electron chi connectivity index (χ4n) is 0.343. The minimum atomic E-state index is -0.123. The van der Waals surface area contributed by atoms with Gasteiger partial charge in [-0.05, 0) is 34.2 Å². The Morgan fingerprint density at radius 2 is 2.71 bits per heavy atom. The van der Waals surface area contributed by atoms with Crippen LogP contribution in [0.25, 0.3) is 0 Å². The molecule has 0 radical (unpaired) electrons. The second kappa shape index (κ2) is 2.13. The van der Waals surface area contributed by atoms with Gasteiger partial charge in [0.2, 0.25) is 0 Å². The van der Waals surface area contributed by atoms with E-state index in [9.17, 15) is 4.79 Å². The zero-order valence-corrected chi connectivity index (χ0v) is 6.45. The molecular weight excluding hydrogens is 225 g/mol. The van der Waals surface area contributed by atoms with Gasteiger partial charge in [0, 0.05) is 6.54 Å². The van der Waals surface area contributed by atoms with Gasteiger partial charge in [0.25, 0.3) is 5.24 Å². The van der Waals surface area contributed by atoms with E-state index in [0.717, 1.165) is 6.54 Å². The van der Waals surface area contributed by atoms with Crippen LogP contribution < -0.4 is 5.32 Å². The summed E-state index contributed by atoms with van der Waals surface area (Å²) >= 11 is 2.12. The normalized spacial score (nSPS) is 29.3. The van der Waals surface area contributed by atoms with Crippen LogP contribution in [-0.4, -0.2) is 17.2 Å². The zero-order chi connectivity index (χ0) is 5.28. The Balaban J connectivity index is 2.72. The van der Waals surface area contributed by atoms with Crippen LogP contribution in [0.1, 0.15) is 0 Å². The van der Waals surface area contributed by atoms with Crippen molar-refractivity contribution in [1.29, 1.82) is 0 Å². The number of carbonyl (C=O) groups excluding carboxylic acids is 1. The quantitative estimate of drug-likeness (QED) is 0.489. The van der Waals surface area contributed by atoms with Gasteiger partial charge in [-0.3, -0.25) is 4.79 Å². The topological polar surface area (TPSA) is 29.1 Å². The van der Waals surface area contributed by atoms with E-state index in [-0.39, 0.29) is 12.9 Å². The highest BCUT2D eigenvalue weighted by Crippen LogP contribution is 2.24. The molecule has 0 spiro atoms. The maximum atomic E-state index is 10.4. The molecule has 0 saturated heterocycles. The van der Waals surface area contributed by atoms with Gasteiger partial charge in [0.05, 0.1) is 0 Å². The molecule has 0 saturated carbocycles. The largest absolute Gasteiger partial charge is 0.343 e. The predicted octanol–water partition coefficient (Wildman–Crippen LogP) is 1.13. The molecule has 4 heteroatoms. The summed E-state index contributed by atoms with van der Waals surface area (Å²) < 4.78 is 0. The third-order valence-electron chi connectivity index (χ3n) is 0.653. The standard InChI is InChI=1S/C3H4INOS/c4-7-2-1-5-3(7)6/h2H,1H2,(H,5,6). The summed E-state index contributed by atoms with van der Waals surface area (Å²) in [7, 11) is -0.123. The van der Waals surface area contributed by atoms with Crippen LogP contribution >= 0.6 is 28.9 Å². The number of amides is 1. The van der Waals surface area contributed by atoms with Crippen molar-refractivity contribution in [1.82, 2.24) is 5.32 Å². The molecular formula is C3H4INOS. The van der Waals surface area contributed by atoms with Gasteiger partial charge in [-0.1, -0.05) is 0 Å². The van der Waals surface area contributed by atoms with E-state index < -0.39 is 0 Å². The van der Waals surface area contributed by atoms with Gasteiger partial charge in [0.15, 0.2) is 0 Å². The molecule has 0 aromatic carbocycles. The molecule has 40 valence electrons. The second-order valence-electron chi connectivity index (χ2n) is 1.12. The van der Waals surface area contributed by atoms with E-state index in [1.807, 2.05) is 5.37 Å². The smallest absolute Gasteiger partial charge is 0.282 e. The highest BCUT2D eigenvalue weighted by atomic mass is 127. The summed E-state index contributed by atoms with van der Waals surface area (Å²) in [5.74, 6) is 0. The van der Waals surface area contributed by atoms with Crippen LogP contribution in [-0.2, 0) is 0 Å². The lowest BCUT2D eigenvalue weighted by Crippen LogP contribution is -2.12. The van der Waals surface area contributed by atoms with Crippen molar-refractivity contribution in [3.8, 4) is 0 Å². The van der Waals surface area contributed by atoms with Crippen molar-refractivity contribution in [2.24, 2.45) is 0 Å². The molecule has 1 heterocycles. The van der Waals surface area contributed by atoms with Crippen LogP contribution in [0.3, 0.4) is 0 Å². The Bertz CT molecular complexity index is 133. The zero-order valence-electron chi connectivity index (χ0n) is 3.48. The van der Waals surface area contributed by atoms with E-state index in [2.05, 4.69) is 26.5 Å². The van der Waals surface area contributed by atoms with Crippen LogP contribution in [0.15, 0.2) is 0 Å². The lowest BCUT2D eigenvalue weighted by atomic mass is 10.8. The summed E-state index contributed by atoms with van der Waals surface area (Å²) in [5.41, 5.74) is 0. The van der Waals surface area contributed by atoms with Crippen molar-refractivity contribution >= 4 is 39.5 Å². The maximum Gasteiger partial charge on any atom is 0.282 e. The molecule has 1 unspecified atom stereocenters. The number of hydrogen-bond donors (Lipinski definition) is 1. The molecule has 1 N–H and O–H groups in total. The first-order valence-electron chi connectivity index (χ1n) is 1.81. The SMILES string of the molecule is O=C1NCC=S1I. The highest BCUT2D eigenvalue weighted by molar-refractivity contribution is 14.2. The molecule has 1 aliphatic heterocycles. The molecule has 1 aliphatic rings. The van der Waals surface area contributed by atoms with Gasteiger partial charge in [-0.25, -0.2) is 0 Å². The summed E-state index contributed by atoms with van der Waals surface area (Å²) in [6.07, 6.45) is 0. The minimum absolute atomic E-state index is 0.123. The Hall–Kier alpha value is 0.420. The summed E-state index contributed by atoms with van der Waals surface area (Å²) in [6.45, 7) is 0.755. The van der Waals surface area contributed by atoms with Crippen LogP contribution in [0.2, 0.25) is 0 Å².